The first-order chi connectivity index (χ1) is 11.3. The summed E-state index contributed by atoms with van der Waals surface area (Å²) < 4.78 is 7.36. The van der Waals surface area contributed by atoms with E-state index in [0.717, 1.165) is 0 Å². The van der Waals surface area contributed by atoms with Crippen LogP contribution < -0.4 is 5.73 Å². The lowest BCUT2D eigenvalue weighted by Crippen LogP contribution is -2.47. The standard InChI is InChI=1S/C14H17N5O4S/c1-3-4-14(22)9(21)8(6(2)20)23-12(14)19-5-16-7-10(19)17-13(15)18-11(7)24/h5-6,8-9,12,20-22H,1-2H3,(H3,15,17,18,24)/t6-,8+,9-,12+,14?/m0/s1. The lowest BCUT2D eigenvalue weighted by atomic mass is 9.93. The summed E-state index contributed by atoms with van der Waals surface area (Å²) in [5, 5.41) is 31.1. The number of hydrogen-bond donors (Lipinski definition) is 5. The number of ether oxygens (including phenoxy) is 1. The van der Waals surface area contributed by atoms with E-state index in [9.17, 15) is 15.3 Å². The number of aliphatic hydroxyl groups excluding tert-OH is 2. The number of anilines is 1. The highest BCUT2D eigenvalue weighted by molar-refractivity contribution is 7.71. The van der Waals surface area contributed by atoms with Gasteiger partial charge in [-0.15, -0.1) is 5.92 Å². The van der Waals surface area contributed by atoms with Crippen molar-refractivity contribution >= 4 is 29.3 Å². The first-order valence-corrected chi connectivity index (χ1v) is 7.60. The average molecular weight is 351 g/mol. The molecule has 10 heteroatoms. The van der Waals surface area contributed by atoms with Gasteiger partial charge in [0.25, 0.3) is 0 Å². The van der Waals surface area contributed by atoms with Crippen molar-refractivity contribution in [3.63, 3.8) is 0 Å². The van der Waals surface area contributed by atoms with Crippen LogP contribution in [0.1, 0.15) is 20.1 Å². The van der Waals surface area contributed by atoms with Gasteiger partial charge in [0.15, 0.2) is 17.5 Å². The number of nitrogens with two attached hydrogens (primary N) is 1. The first kappa shape index (κ1) is 16.8. The summed E-state index contributed by atoms with van der Waals surface area (Å²) in [7, 11) is 0. The van der Waals surface area contributed by atoms with Gasteiger partial charge in [-0.05, 0) is 13.8 Å². The number of nitrogens with zero attached hydrogens (tertiary/aromatic N) is 3. The molecule has 0 aliphatic carbocycles. The molecule has 128 valence electrons. The van der Waals surface area contributed by atoms with E-state index in [4.69, 9.17) is 22.7 Å². The van der Waals surface area contributed by atoms with Crippen molar-refractivity contribution in [2.24, 2.45) is 0 Å². The summed E-state index contributed by atoms with van der Waals surface area (Å²) >= 11 is 5.15. The molecule has 6 N–H and O–H groups in total. The third kappa shape index (κ3) is 2.38. The fourth-order valence-electron chi connectivity index (χ4n) is 2.83. The van der Waals surface area contributed by atoms with Crippen molar-refractivity contribution in [2.75, 3.05) is 5.73 Å². The lowest BCUT2D eigenvalue weighted by molar-refractivity contribution is -0.0847. The van der Waals surface area contributed by atoms with Gasteiger partial charge in [-0.25, -0.2) is 4.98 Å². The van der Waals surface area contributed by atoms with E-state index in [2.05, 4.69) is 26.8 Å². The maximum atomic E-state index is 10.9. The van der Waals surface area contributed by atoms with Gasteiger partial charge in [-0.3, -0.25) is 4.57 Å². The van der Waals surface area contributed by atoms with Crippen molar-refractivity contribution in [3.05, 3.63) is 11.0 Å². The molecule has 5 atom stereocenters. The molecule has 1 aliphatic heterocycles. The van der Waals surface area contributed by atoms with E-state index in [1.165, 1.54) is 24.7 Å². The third-order valence-electron chi connectivity index (χ3n) is 3.93. The predicted octanol–water partition coefficient (Wildman–Crippen LogP) is -0.535. The van der Waals surface area contributed by atoms with Crippen LogP contribution in [-0.4, -0.2) is 58.8 Å². The molecule has 3 rings (SSSR count). The Labute approximate surface area is 142 Å². The van der Waals surface area contributed by atoms with Gasteiger partial charge >= 0.3 is 0 Å². The van der Waals surface area contributed by atoms with Crippen LogP contribution in [0, 0.1) is 16.5 Å². The number of imidazole rings is 1. The number of fused-ring (bicyclic) bond motifs is 1. The largest absolute Gasteiger partial charge is 0.391 e. The SMILES string of the molecule is CC#CC1(O)[C@@H](O)[C@@H]([C@H](C)O)O[C@H]1n1cnc2c(=S)[nH]c(N)nc21. The highest BCUT2D eigenvalue weighted by Gasteiger charge is 2.57. The van der Waals surface area contributed by atoms with Crippen molar-refractivity contribution in [3.8, 4) is 11.8 Å². The molecule has 0 amide bonds. The van der Waals surface area contributed by atoms with Crippen LogP contribution in [-0.2, 0) is 4.74 Å². The Balaban J connectivity index is 2.20. The zero-order valence-corrected chi connectivity index (χ0v) is 13.8. The molecular weight excluding hydrogens is 334 g/mol. The van der Waals surface area contributed by atoms with Crippen LogP contribution >= 0.6 is 12.2 Å². The van der Waals surface area contributed by atoms with Crippen molar-refractivity contribution in [1.82, 2.24) is 19.5 Å². The summed E-state index contributed by atoms with van der Waals surface area (Å²) in [6.07, 6.45) is -3.26. The smallest absolute Gasteiger partial charge is 0.200 e. The second-order valence-electron chi connectivity index (χ2n) is 5.61. The van der Waals surface area contributed by atoms with E-state index in [1.807, 2.05) is 0 Å². The number of hydrogen-bond acceptors (Lipinski definition) is 8. The zero-order chi connectivity index (χ0) is 17.6. The molecule has 2 aromatic rings. The second-order valence-corrected chi connectivity index (χ2v) is 6.02. The van der Waals surface area contributed by atoms with E-state index in [1.54, 1.807) is 0 Å². The Hall–Kier alpha value is -2.03. The van der Waals surface area contributed by atoms with Crippen LogP contribution in [0.15, 0.2) is 6.33 Å². The molecule has 0 spiro atoms. The lowest BCUT2D eigenvalue weighted by Gasteiger charge is -2.26. The van der Waals surface area contributed by atoms with Crippen molar-refractivity contribution in [2.45, 2.75) is 44.0 Å². The number of aromatic amines is 1. The quantitative estimate of drug-likeness (QED) is 0.359. The number of aromatic nitrogens is 4. The Morgan fingerprint density at radius 3 is 2.92 bits per heavy atom. The summed E-state index contributed by atoms with van der Waals surface area (Å²) in [5.74, 6) is 5.22. The molecular formula is C14H17N5O4S. The van der Waals surface area contributed by atoms with Gasteiger partial charge in [-0.2, -0.15) is 4.98 Å². The molecule has 24 heavy (non-hydrogen) atoms. The molecule has 1 unspecified atom stereocenters. The average Bonchev–Trinajstić information content (AvgIpc) is 3.00. The summed E-state index contributed by atoms with van der Waals surface area (Å²) in [5.41, 5.74) is 4.37. The van der Waals surface area contributed by atoms with E-state index in [0.29, 0.717) is 5.52 Å². The second kappa shape index (κ2) is 5.80. The van der Waals surface area contributed by atoms with Crippen molar-refractivity contribution in [1.29, 1.82) is 0 Å². The van der Waals surface area contributed by atoms with Gasteiger partial charge < -0.3 is 30.8 Å². The van der Waals surface area contributed by atoms with Gasteiger partial charge in [-0.1, -0.05) is 18.1 Å². The number of H-pyrrole nitrogens is 1. The Bertz CT molecular complexity index is 898. The predicted molar refractivity (Wildman–Crippen MR) is 87.1 cm³/mol. The fourth-order valence-corrected chi connectivity index (χ4v) is 3.08. The van der Waals surface area contributed by atoms with Crippen LogP contribution in [0.2, 0.25) is 0 Å². The highest BCUT2D eigenvalue weighted by atomic mass is 32.1. The third-order valence-corrected chi connectivity index (χ3v) is 4.22. The Morgan fingerprint density at radius 2 is 2.29 bits per heavy atom. The maximum Gasteiger partial charge on any atom is 0.200 e. The number of aliphatic hydroxyl groups is 3. The molecule has 3 heterocycles. The van der Waals surface area contributed by atoms with Crippen LogP contribution in [0.4, 0.5) is 5.95 Å². The van der Waals surface area contributed by atoms with Crippen molar-refractivity contribution < 1.29 is 20.1 Å². The molecule has 1 fully saturated rings. The molecule has 9 nitrogen and oxygen atoms in total. The molecule has 0 saturated carbocycles. The summed E-state index contributed by atoms with van der Waals surface area (Å²) in [4.78, 5) is 11.0. The normalized spacial score (nSPS) is 31.0. The minimum absolute atomic E-state index is 0.0741. The topological polar surface area (TPSA) is 142 Å². The maximum absolute atomic E-state index is 10.9. The van der Waals surface area contributed by atoms with Crippen LogP contribution in [0.25, 0.3) is 11.2 Å². The molecule has 0 aromatic carbocycles. The van der Waals surface area contributed by atoms with Gasteiger partial charge in [0.2, 0.25) is 5.95 Å². The Morgan fingerprint density at radius 1 is 1.58 bits per heavy atom. The minimum atomic E-state index is -1.96. The molecule has 0 radical (unpaired) electrons. The first-order valence-electron chi connectivity index (χ1n) is 7.19. The van der Waals surface area contributed by atoms with E-state index >= 15 is 0 Å². The number of nitrogens with one attached hydrogen (secondary N) is 1. The van der Waals surface area contributed by atoms with Crippen LogP contribution in [0.3, 0.4) is 0 Å². The van der Waals surface area contributed by atoms with Gasteiger partial charge in [0.1, 0.15) is 22.4 Å². The van der Waals surface area contributed by atoms with Gasteiger partial charge in [0.05, 0.1) is 12.4 Å². The zero-order valence-electron chi connectivity index (χ0n) is 13.0. The van der Waals surface area contributed by atoms with Gasteiger partial charge in [0, 0.05) is 0 Å². The number of nitrogen functional groups attached to an aromatic ring is 1. The summed E-state index contributed by atoms with van der Waals surface area (Å²) in [6.45, 7) is 2.98. The summed E-state index contributed by atoms with van der Waals surface area (Å²) in [6, 6.07) is 0. The molecule has 2 aromatic heterocycles. The highest BCUT2D eigenvalue weighted by Crippen LogP contribution is 2.40. The fraction of sp³-hybridized carbons (Fsp3) is 0.500. The molecule has 1 saturated heterocycles. The minimum Gasteiger partial charge on any atom is -0.391 e. The molecule has 1 aliphatic rings. The monoisotopic (exact) mass is 351 g/mol. The van der Waals surface area contributed by atoms with E-state index in [-0.39, 0.29) is 16.2 Å². The number of rotatable bonds is 2. The molecule has 0 bridgehead atoms. The van der Waals surface area contributed by atoms with Crippen LogP contribution in [0.5, 0.6) is 0 Å². The van der Waals surface area contributed by atoms with E-state index < -0.39 is 30.1 Å². The Kier molecular flexibility index (Phi) is 4.06.